The molecule has 0 radical (unpaired) electrons. The molecule has 0 saturated carbocycles. The topological polar surface area (TPSA) is 100.0 Å². The quantitative estimate of drug-likeness (QED) is 0.460. The van der Waals surface area contributed by atoms with Crippen molar-refractivity contribution in [2.75, 3.05) is 19.0 Å². The summed E-state index contributed by atoms with van der Waals surface area (Å²) in [6.45, 7) is 0. The van der Waals surface area contributed by atoms with E-state index in [0.717, 1.165) is 14.8 Å². The highest BCUT2D eigenvalue weighted by atomic mass is 16.5. The van der Waals surface area contributed by atoms with Crippen molar-refractivity contribution in [3.63, 3.8) is 0 Å². The molecule has 0 aliphatic heterocycles. The molecule has 3 aromatic rings. The van der Waals surface area contributed by atoms with Crippen molar-refractivity contribution in [3.8, 4) is 11.4 Å². The normalized spacial score (nSPS) is 11.0. The lowest BCUT2D eigenvalue weighted by atomic mass is 10.2. The first-order valence-corrected chi connectivity index (χ1v) is 7.16. The molecule has 3 rings (SSSR count). The molecule has 24 heavy (non-hydrogen) atoms. The van der Waals surface area contributed by atoms with E-state index >= 15 is 0 Å². The third-order valence-corrected chi connectivity index (χ3v) is 3.89. The Labute approximate surface area is 136 Å². The molecule has 0 aliphatic carbocycles. The zero-order chi connectivity index (χ0) is 17.6. The Morgan fingerprint density at radius 1 is 1.04 bits per heavy atom. The number of anilines is 1. The number of rotatable bonds is 2. The Bertz CT molecular complexity index is 1050. The standard InChI is InChI=1S/C15H16N6O3/c1-18(2)10-7-5-9(6-8-10)12-16-17-13-11(21(12)24)14(22)20(4)15(23)19(13)3/h5-8H,1-4H3. The molecule has 0 bridgehead atoms. The van der Waals surface area contributed by atoms with Crippen LogP contribution in [0.5, 0.6) is 0 Å². The number of nitrogens with zero attached hydrogens (tertiary/aromatic N) is 6. The Balaban J connectivity index is 2.30. The van der Waals surface area contributed by atoms with Gasteiger partial charge < -0.3 is 10.1 Å². The van der Waals surface area contributed by atoms with E-state index in [1.807, 2.05) is 31.1 Å². The predicted molar refractivity (Wildman–Crippen MR) is 88.7 cm³/mol. The molecule has 2 heterocycles. The van der Waals surface area contributed by atoms with Gasteiger partial charge in [0.2, 0.25) is 11.2 Å². The summed E-state index contributed by atoms with van der Waals surface area (Å²) >= 11 is 0. The van der Waals surface area contributed by atoms with Crippen LogP contribution in [-0.2, 0) is 14.1 Å². The predicted octanol–water partition coefficient (Wildman–Crippen LogP) is -0.606. The minimum atomic E-state index is -0.704. The van der Waals surface area contributed by atoms with Crippen molar-refractivity contribution < 1.29 is 4.73 Å². The molecule has 2 aromatic heterocycles. The second-order valence-electron chi connectivity index (χ2n) is 5.64. The number of hydrogen-bond acceptors (Lipinski definition) is 6. The summed E-state index contributed by atoms with van der Waals surface area (Å²) in [5, 5.41) is 20.5. The van der Waals surface area contributed by atoms with E-state index in [4.69, 9.17) is 0 Å². The average Bonchev–Trinajstić information content (AvgIpc) is 2.58. The van der Waals surface area contributed by atoms with Crippen molar-refractivity contribution in [2.24, 2.45) is 14.1 Å². The molecule has 0 unspecified atom stereocenters. The van der Waals surface area contributed by atoms with Gasteiger partial charge in [-0.25, -0.2) is 9.52 Å². The van der Waals surface area contributed by atoms with Crippen LogP contribution in [0.4, 0.5) is 5.69 Å². The van der Waals surface area contributed by atoms with Gasteiger partial charge in [0, 0.05) is 33.9 Å². The Morgan fingerprint density at radius 2 is 1.67 bits per heavy atom. The van der Waals surface area contributed by atoms with Gasteiger partial charge >= 0.3 is 17.1 Å². The highest BCUT2D eigenvalue weighted by molar-refractivity contribution is 5.67. The van der Waals surface area contributed by atoms with Crippen LogP contribution in [0.1, 0.15) is 0 Å². The number of benzene rings is 1. The molecule has 0 aliphatic rings. The minimum Gasteiger partial charge on any atom is -0.710 e. The molecule has 0 amide bonds. The fourth-order valence-electron chi connectivity index (χ4n) is 2.43. The summed E-state index contributed by atoms with van der Waals surface area (Å²) in [7, 11) is 6.56. The molecule has 9 heteroatoms. The van der Waals surface area contributed by atoms with Crippen LogP contribution in [0.2, 0.25) is 0 Å². The summed E-state index contributed by atoms with van der Waals surface area (Å²) in [6, 6.07) is 7.12. The third-order valence-electron chi connectivity index (χ3n) is 3.89. The van der Waals surface area contributed by atoms with Crippen molar-refractivity contribution >= 4 is 16.9 Å². The lowest BCUT2D eigenvalue weighted by Crippen LogP contribution is -2.45. The van der Waals surface area contributed by atoms with Gasteiger partial charge in [0.1, 0.15) is 0 Å². The largest absolute Gasteiger partial charge is 0.710 e. The first-order valence-electron chi connectivity index (χ1n) is 7.16. The van der Waals surface area contributed by atoms with Crippen LogP contribution >= 0.6 is 0 Å². The number of hydrogen-bond donors (Lipinski definition) is 0. The van der Waals surface area contributed by atoms with E-state index in [1.54, 1.807) is 12.1 Å². The molecule has 0 atom stereocenters. The summed E-state index contributed by atoms with van der Waals surface area (Å²) in [4.78, 5) is 26.1. The molecule has 1 aromatic carbocycles. The van der Waals surface area contributed by atoms with Gasteiger partial charge in [0.05, 0.1) is 10.7 Å². The van der Waals surface area contributed by atoms with Crippen LogP contribution in [0, 0.1) is 5.21 Å². The Hall–Kier alpha value is -3.23. The van der Waals surface area contributed by atoms with Crippen molar-refractivity contribution in [3.05, 3.63) is 50.3 Å². The van der Waals surface area contributed by atoms with Gasteiger partial charge in [-0.05, 0) is 29.4 Å². The molecule has 9 nitrogen and oxygen atoms in total. The first-order chi connectivity index (χ1) is 11.3. The highest BCUT2D eigenvalue weighted by Crippen LogP contribution is 2.18. The Kier molecular flexibility index (Phi) is 3.55. The third kappa shape index (κ3) is 2.21. The SMILES string of the molecule is CN(C)c1ccc(-c2nnc3c(c(=O)n(C)c(=O)n3C)[n+]2[O-])cc1. The van der Waals surface area contributed by atoms with Crippen LogP contribution in [0.3, 0.4) is 0 Å². The molecule has 0 saturated heterocycles. The first kappa shape index (κ1) is 15.7. The van der Waals surface area contributed by atoms with E-state index in [0.29, 0.717) is 10.3 Å². The van der Waals surface area contributed by atoms with E-state index in [9.17, 15) is 14.8 Å². The fraction of sp³-hybridized carbons (Fsp3) is 0.267. The molecule has 0 N–H and O–H groups in total. The number of aromatic nitrogens is 5. The molecule has 0 spiro atoms. The lowest BCUT2D eigenvalue weighted by molar-refractivity contribution is -0.569. The highest BCUT2D eigenvalue weighted by Gasteiger charge is 2.22. The fourth-order valence-corrected chi connectivity index (χ4v) is 2.43. The number of fused-ring (bicyclic) bond motifs is 1. The maximum absolute atomic E-state index is 12.7. The molecule has 0 fully saturated rings. The smallest absolute Gasteiger partial charge is 0.361 e. The van der Waals surface area contributed by atoms with Gasteiger partial charge in [-0.3, -0.25) is 13.9 Å². The second-order valence-corrected chi connectivity index (χ2v) is 5.64. The van der Waals surface area contributed by atoms with Gasteiger partial charge in [0.15, 0.2) is 0 Å². The summed E-state index contributed by atoms with van der Waals surface area (Å²) in [5.74, 6) is 0.00329. The van der Waals surface area contributed by atoms with Gasteiger partial charge in [-0.2, -0.15) is 0 Å². The maximum Gasteiger partial charge on any atom is 0.361 e. The van der Waals surface area contributed by atoms with Crippen LogP contribution in [0.25, 0.3) is 22.6 Å². The van der Waals surface area contributed by atoms with E-state index in [2.05, 4.69) is 10.2 Å². The van der Waals surface area contributed by atoms with E-state index < -0.39 is 11.2 Å². The van der Waals surface area contributed by atoms with Gasteiger partial charge in [0.25, 0.3) is 0 Å². The van der Waals surface area contributed by atoms with E-state index in [1.165, 1.54) is 14.1 Å². The second kappa shape index (κ2) is 5.44. The summed E-state index contributed by atoms with van der Waals surface area (Å²) in [5.41, 5.74) is -0.0498. The van der Waals surface area contributed by atoms with Crippen molar-refractivity contribution in [1.29, 1.82) is 0 Å². The summed E-state index contributed by atoms with van der Waals surface area (Å²) < 4.78 is 2.42. The zero-order valence-corrected chi connectivity index (χ0v) is 13.7. The molecular weight excluding hydrogens is 312 g/mol. The van der Waals surface area contributed by atoms with Crippen LogP contribution in [-0.4, -0.2) is 33.4 Å². The maximum atomic E-state index is 12.7. The van der Waals surface area contributed by atoms with Gasteiger partial charge in [-0.15, -0.1) is 0 Å². The lowest BCUT2D eigenvalue weighted by Gasteiger charge is -2.13. The zero-order valence-electron chi connectivity index (χ0n) is 13.7. The molecular formula is C15H16N6O3. The Morgan fingerprint density at radius 3 is 2.25 bits per heavy atom. The number of aryl methyl sites for hydroxylation is 1. The van der Waals surface area contributed by atoms with Crippen molar-refractivity contribution in [1.82, 2.24) is 19.3 Å². The van der Waals surface area contributed by atoms with Crippen LogP contribution in [0.15, 0.2) is 33.9 Å². The minimum absolute atomic E-state index is 0.00329. The average molecular weight is 328 g/mol. The van der Waals surface area contributed by atoms with Crippen LogP contribution < -0.4 is 20.9 Å². The summed E-state index contributed by atoms with van der Waals surface area (Å²) in [6.07, 6.45) is 0. The molecule has 124 valence electrons. The monoisotopic (exact) mass is 328 g/mol. The van der Waals surface area contributed by atoms with E-state index in [-0.39, 0.29) is 17.0 Å². The van der Waals surface area contributed by atoms with Gasteiger partial charge in [-0.1, -0.05) is 0 Å². The van der Waals surface area contributed by atoms with Crippen molar-refractivity contribution in [2.45, 2.75) is 0 Å².